The highest BCUT2D eigenvalue weighted by molar-refractivity contribution is 5.89. The second kappa shape index (κ2) is 7.38. The first-order valence-electron chi connectivity index (χ1n) is 6.80. The van der Waals surface area contributed by atoms with E-state index in [4.69, 9.17) is 9.47 Å². The van der Waals surface area contributed by atoms with Crippen LogP contribution >= 0.6 is 0 Å². The van der Waals surface area contributed by atoms with Gasteiger partial charge in [0.2, 0.25) is 0 Å². The number of nitrogens with one attached hydrogen (secondary N) is 1. The van der Waals surface area contributed by atoms with E-state index in [1.54, 1.807) is 12.1 Å². The molecule has 20 heavy (non-hydrogen) atoms. The minimum absolute atomic E-state index is 0.105. The molecule has 0 amide bonds. The standard InChI is InChI=1S/C15H21NO4/c1-11-7-16-8-14(20-11)10-19-9-12-3-5-13(6-4-12)15(17)18-2/h3-6,11,14,16H,7-10H2,1-2H3. The predicted molar refractivity (Wildman–Crippen MR) is 74.6 cm³/mol. The lowest BCUT2D eigenvalue weighted by Gasteiger charge is -2.28. The fourth-order valence-corrected chi connectivity index (χ4v) is 2.13. The number of carbonyl (C=O) groups is 1. The van der Waals surface area contributed by atoms with Gasteiger partial charge in [0.1, 0.15) is 0 Å². The quantitative estimate of drug-likeness (QED) is 0.825. The van der Waals surface area contributed by atoms with Crippen LogP contribution in [0.3, 0.4) is 0 Å². The average molecular weight is 279 g/mol. The molecule has 1 N–H and O–H groups in total. The van der Waals surface area contributed by atoms with E-state index >= 15 is 0 Å². The van der Waals surface area contributed by atoms with Crippen molar-refractivity contribution in [2.75, 3.05) is 26.8 Å². The molecule has 0 aromatic heterocycles. The van der Waals surface area contributed by atoms with Gasteiger partial charge in [0.25, 0.3) is 0 Å². The van der Waals surface area contributed by atoms with Gasteiger partial charge in [-0.2, -0.15) is 0 Å². The van der Waals surface area contributed by atoms with Crippen molar-refractivity contribution >= 4 is 5.97 Å². The maximum Gasteiger partial charge on any atom is 0.337 e. The van der Waals surface area contributed by atoms with Crippen LogP contribution in [-0.2, 0) is 20.8 Å². The molecule has 1 saturated heterocycles. The summed E-state index contributed by atoms with van der Waals surface area (Å²) in [6.07, 6.45) is 0.338. The smallest absolute Gasteiger partial charge is 0.337 e. The number of morpholine rings is 1. The van der Waals surface area contributed by atoms with Gasteiger partial charge < -0.3 is 19.5 Å². The van der Waals surface area contributed by atoms with Gasteiger partial charge in [-0.15, -0.1) is 0 Å². The summed E-state index contributed by atoms with van der Waals surface area (Å²) in [5.74, 6) is -0.326. The number of methoxy groups -OCH3 is 1. The zero-order chi connectivity index (χ0) is 14.4. The van der Waals surface area contributed by atoms with Crippen LogP contribution in [0.4, 0.5) is 0 Å². The van der Waals surface area contributed by atoms with Gasteiger partial charge in [-0.1, -0.05) is 12.1 Å². The number of benzene rings is 1. The van der Waals surface area contributed by atoms with Gasteiger partial charge in [-0.05, 0) is 24.6 Å². The van der Waals surface area contributed by atoms with Crippen molar-refractivity contribution in [3.8, 4) is 0 Å². The lowest BCUT2D eigenvalue weighted by atomic mass is 10.1. The van der Waals surface area contributed by atoms with Crippen molar-refractivity contribution in [3.05, 3.63) is 35.4 Å². The molecule has 2 rings (SSSR count). The number of ether oxygens (including phenoxy) is 3. The molecular weight excluding hydrogens is 258 g/mol. The summed E-state index contributed by atoms with van der Waals surface area (Å²) in [7, 11) is 1.37. The van der Waals surface area contributed by atoms with Gasteiger partial charge >= 0.3 is 5.97 Å². The molecule has 1 fully saturated rings. The zero-order valence-corrected chi connectivity index (χ0v) is 11.9. The number of hydrogen-bond acceptors (Lipinski definition) is 5. The maximum absolute atomic E-state index is 11.3. The Hall–Kier alpha value is -1.43. The molecule has 1 aromatic rings. The SMILES string of the molecule is COC(=O)c1ccc(COCC2CNCC(C)O2)cc1. The fraction of sp³-hybridized carbons (Fsp3) is 0.533. The summed E-state index contributed by atoms with van der Waals surface area (Å²) < 4.78 is 16.0. The topological polar surface area (TPSA) is 56.8 Å². The van der Waals surface area contributed by atoms with Crippen molar-refractivity contribution in [3.63, 3.8) is 0 Å². The normalized spacial score (nSPS) is 22.5. The molecule has 0 aliphatic carbocycles. The average Bonchev–Trinajstić information content (AvgIpc) is 2.47. The van der Waals surface area contributed by atoms with E-state index in [0.29, 0.717) is 18.8 Å². The minimum atomic E-state index is -0.326. The second-order valence-corrected chi connectivity index (χ2v) is 4.93. The molecule has 1 aromatic carbocycles. The molecule has 2 unspecified atom stereocenters. The van der Waals surface area contributed by atoms with Gasteiger partial charge in [0.05, 0.1) is 38.1 Å². The second-order valence-electron chi connectivity index (χ2n) is 4.93. The molecule has 1 aliphatic rings. The summed E-state index contributed by atoms with van der Waals surface area (Å²) in [4.78, 5) is 11.3. The first kappa shape index (κ1) is 15.0. The lowest BCUT2D eigenvalue weighted by Crippen LogP contribution is -2.45. The Labute approximate surface area is 119 Å². The monoisotopic (exact) mass is 279 g/mol. The first-order valence-corrected chi connectivity index (χ1v) is 6.80. The summed E-state index contributed by atoms with van der Waals surface area (Å²) in [6, 6.07) is 7.22. The van der Waals surface area contributed by atoms with Crippen LogP contribution in [0.15, 0.2) is 24.3 Å². The fourth-order valence-electron chi connectivity index (χ4n) is 2.13. The Morgan fingerprint density at radius 3 is 2.75 bits per heavy atom. The van der Waals surface area contributed by atoms with Gasteiger partial charge in [-0.25, -0.2) is 4.79 Å². The van der Waals surface area contributed by atoms with Crippen molar-refractivity contribution in [2.24, 2.45) is 0 Å². The lowest BCUT2D eigenvalue weighted by molar-refractivity contribution is -0.0716. The molecule has 0 spiro atoms. The van der Waals surface area contributed by atoms with Crippen LogP contribution < -0.4 is 5.32 Å². The zero-order valence-electron chi connectivity index (χ0n) is 11.9. The van der Waals surface area contributed by atoms with E-state index in [1.807, 2.05) is 19.1 Å². The van der Waals surface area contributed by atoms with Crippen LogP contribution in [-0.4, -0.2) is 45.0 Å². The summed E-state index contributed by atoms with van der Waals surface area (Å²) in [5, 5.41) is 3.30. The number of carbonyl (C=O) groups excluding carboxylic acids is 1. The minimum Gasteiger partial charge on any atom is -0.465 e. The molecule has 1 heterocycles. The van der Waals surface area contributed by atoms with E-state index in [1.165, 1.54) is 7.11 Å². The summed E-state index contributed by atoms with van der Waals surface area (Å²) >= 11 is 0. The van der Waals surface area contributed by atoms with Crippen LogP contribution in [0.5, 0.6) is 0 Å². The van der Waals surface area contributed by atoms with Crippen LogP contribution in [0.25, 0.3) is 0 Å². The Bertz CT molecular complexity index is 432. The maximum atomic E-state index is 11.3. The third-order valence-electron chi connectivity index (χ3n) is 3.18. The highest BCUT2D eigenvalue weighted by Crippen LogP contribution is 2.09. The van der Waals surface area contributed by atoms with Crippen molar-refractivity contribution in [1.29, 1.82) is 0 Å². The number of rotatable bonds is 5. The highest BCUT2D eigenvalue weighted by Gasteiger charge is 2.18. The Morgan fingerprint density at radius 2 is 2.10 bits per heavy atom. The Balaban J connectivity index is 1.75. The molecular formula is C15H21NO4. The van der Waals surface area contributed by atoms with Crippen molar-refractivity contribution in [2.45, 2.75) is 25.7 Å². The van der Waals surface area contributed by atoms with Gasteiger partial charge in [-0.3, -0.25) is 0 Å². The van der Waals surface area contributed by atoms with E-state index in [2.05, 4.69) is 10.1 Å². The predicted octanol–water partition coefficient (Wildman–Crippen LogP) is 1.37. The van der Waals surface area contributed by atoms with E-state index in [-0.39, 0.29) is 18.2 Å². The van der Waals surface area contributed by atoms with E-state index < -0.39 is 0 Å². The van der Waals surface area contributed by atoms with Gasteiger partial charge in [0, 0.05) is 13.1 Å². The molecule has 5 nitrogen and oxygen atoms in total. The molecule has 0 saturated carbocycles. The highest BCUT2D eigenvalue weighted by atomic mass is 16.5. The summed E-state index contributed by atoms with van der Waals surface area (Å²) in [5.41, 5.74) is 1.57. The van der Waals surface area contributed by atoms with Crippen molar-refractivity contribution < 1.29 is 19.0 Å². The van der Waals surface area contributed by atoms with Crippen LogP contribution in [0.2, 0.25) is 0 Å². The van der Waals surface area contributed by atoms with Crippen LogP contribution in [0, 0.1) is 0 Å². The Kier molecular flexibility index (Phi) is 5.52. The van der Waals surface area contributed by atoms with Gasteiger partial charge in [0.15, 0.2) is 0 Å². The van der Waals surface area contributed by atoms with E-state index in [0.717, 1.165) is 18.7 Å². The number of hydrogen-bond donors (Lipinski definition) is 1. The molecule has 0 radical (unpaired) electrons. The molecule has 0 bridgehead atoms. The third-order valence-corrected chi connectivity index (χ3v) is 3.18. The first-order chi connectivity index (χ1) is 9.69. The summed E-state index contributed by atoms with van der Waals surface area (Å²) in [6.45, 7) is 4.84. The van der Waals surface area contributed by atoms with E-state index in [9.17, 15) is 4.79 Å². The molecule has 1 aliphatic heterocycles. The largest absolute Gasteiger partial charge is 0.465 e. The molecule has 5 heteroatoms. The van der Waals surface area contributed by atoms with Crippen molar-refractivity contribution in [1.82, 2.24) is 5.32 Å². The number of esters is 1. The molecule has 2 atom stereocenters. The van der Waals surface area contributed by atoms with Crippen LogP contribution in [0.1, 0.15) is 22.8 Å². The third kappa shape index (κ3) is 4.30. The molecule has 110 valence electrons. The Morgan fingerprint density at radius 1 is 1.35 bits per heavy atom.